The van der Waals surface area contributed by atoms with Crippen LogP contribution in [0.4, 0.5) is 18.9 Å². The number of benzene rings is 1. The van der Waals surface area contributed by atoms with Crippen molar-refractivity contribution in [2.75, 3.05) is 32.5 Å². The Balaban J connectivity index is 1.32. The zero-order chi connectivity index (χ0) is 27.6. The first-order chi connectivity index (χ1) is 18.7. The molecular weight excluding hydrogens is 507 g/mol. The fourth-order valence-electron chi connectivity index (χ4n) is 4.56. The Morgan fingerprint density at radius 3 is 2.77 bits per heavy atom. The van der Waals surface area contributed by atoms with Crippen molar-refractivity contribution < 1.29 is 18.0 Å². The van der Waals surface area contributed by atoms with Gasteiger partial charge in [-0.1, -0.05) is 12.0 Å². The Labute approximate surface area is 223 Å². The molecule has 5 rings (SSSR count). The number of nitrogens with zero attached hydrogens (tertiary/aromatic N) is 6. The smallest absolute Gasteiger partial charge is 0.322 e. The third kappa shape index (κ3) is 6.08. The summed E-state index contributed by atoms with van der Waals surface area (Å²) in [6, 6.07) is 9.34. The number of hydrogen-bond acceptors (Lipinski definition) is 6. The highest BCUT2D eigenvalue weighted by molar-refractivity contribution is 6.04. The lowest BCUT2D eigenvalue weighted by Crippen LogP contribution is -2.31. The first-order valence-corrected chi connectivity index (χ1v) is 12.3. The van der Waals surface area contributed by atoms with Crippen LogP contribution in [-0.4, -0.2) is 68.5 Å². The normalized spacial score (nSPS) is 15.9. The molecule has 1 fully saturated rings. The number of nitrogens with one attached hydrogen (secondary N) is 1. The summed E-state index contributed by atoms with van der Waals surface area (Å²) in [5, 5.41) is 6.77. The number of aromatic nitrogens is 4. The molecule has 0 bridgehead atoms. The molecule has 200 valence electrons. The molecule has 1 aliphatic rings. The third-order valence-corrected chi connectivity index (χ3v) is 6.66. The Bertz CT molecular complexity index is 1570. The predicted octanol–water partition coefficient (Wildman–Crippen LogP) is 3.93. The maximum Gasteiger partial charge on any atom is 0.416 e. The van der Waals surface area contributed by atoms with Crippen LogP contribution in [0.5, 0.6) is 0 Å². The standard InChI is InChI=1S/C28H26F3N7O/c1-36(2)24-9-11-37(18-24)17-20-6-7-22(13-25(20)28(29,30)31)35-27(39)21-12-19(14-32-15-21)5-8-23-16-33-26-4-3-10-34-38(23)26/h3-4,6-7,10,12-16,24H,9,11,17-18H2,1-2H3,(H,35,39)/t24-/m0/s1. The van der Waals surface area contributed by atoms with Crippen LogP contribution < -0.4 is 5.32 Å². The van der Waals surface area contributed by atoms with Crippen molar-refractivity contribution in [1.82, 2.24) is 29.4 Å². The molecule has 4 heterocycles. The number of pyridine rings is 1. The van der Waals surface area contributed by atoms with Gasteiger partial charge in [0.2, 0.25) is 0 Å². The molecule has 1 amide bonds. The highest BCUT2D eigenvalue weighted by Crippen LogP contribution is 2.35. The lowest BCUT2D eigenvalue weighted by Gasteiger charge is -2.22. The molecule has 1 aliphatic heterocycles. The molecular formula is C28H26F3N7O. The van der Waals surface area contributed by atoms with E-state index in [0.717, 1.165) is 19.0 Å². The van der Waals surface area contributed by atoms with Gasteiger partial charge in [-0.15, -0.1) is 0 Å². The molecule has 1 N–H and O–H groups in total. The summed E-state index contributed by atoms with van der Waals surface area (Å²) in [6.07, 6.45) is 2.40. The molecule has 4 aromatic rings. The second kappa shape index (κ2) is 10.8. The van der Waals surface area contributed by atoms with Gasteiger partial charge in [-0.05, 0) is 62.3 Å². The van der Waals surface area contributed by atoms with Gasteiger partial charge in [0.1, 0.15) is 5.69 Å². The lowest BCUT2D eigenvalue weighted by atomic mass is 10.0. The fraction of sp³-hybridized carbons (Fsp3) is 0.286. The van der Waals surface area contributed by atoms with Crippen LogP contribution in [0.3, 0.4) is 0 Å². The summed E-state index contributed by atoms with van der Waals surface area (Å²) >= 11 is 0. The maximum absolute atomic E-state index is 13.9. The number of likely N-dealkylation sites (N-methyl/N-ethyl adjacent to an activating group) is 1. The number of halogens is 3. The number of hydrogen-bond donors (Lipinski definition) is 1. The molecule has 0 unspecified atom stereocenters. The quantitative estimate of drug-likeness (QED) is 0.392. The minimum absolute atomic E-state index is 0.0527. The van der Waals surface area contributed by atoms with Gasteiger partial charge in [-0.25, -0.2) is 9.50 Å². The molecule has 11 heteroatoms. The van der Waals surface area contributed by atoms with Crippen LogP contribution in [0.1, 0.15) is 39.2 Å². The number of anilines is 1. The molecule has 0 spiro atoms. The van der Waals surface area contributed by atoms with Crippen molar-refractivity contribution in [3.05, 3.63) is 89.1 Å². The van der Waals surface area contributed by atoms with E-state index in [1.54, 1.807) is 29.0 Å². The summed E-state index contributed by atoms with van der Waals surface area (Å²) < 4.78 is 43.4. The van der Waals surface area contributed by atoms with Crippen LogP contribution in [0, 0.1) is 11.8 Å². The third-order valence-electron chi connectivity index (χ3n) is 6.66. The van der Waals surface area contributed by atoms with Gasteiger partial charge in [0, 0.05) is 55.5 Å². The van der Waals surface area contributed by atoms with Gasteiger partial charge in [0.25, 0.3) is 5.91 Å². The number of alkyl halides is 3. The second-order valence-corrected chi connectivity index (χ2v) is 9.61. The molecule has 0 saturated carbocycles. The number of likely N-dealkylation sites (tertiary alicyclic amines) is 1. The predicted molar refractivity (Wildman–Crippen MR) is 140 cm³/mol. The Morgan fingerprint density at radius 2 is 2.00 bits per heavy atom. The van der Waals surface area contributed by atoms with E-state index in [1.165, 1.54) is 30.6 Å². The van der Waals surface area contributed by atoms with Gasteiger partial charge in [0.05, 0.1) is 17.3 Å². The van der Waals surface area contributed by atoms with E-state index < -0.39 is 17.6 Å². The average molecular weight is 534 g/mol. The Morgan fingerprint density at radius 1 is 1.15 bits per heavy atom. The minimum atomic E-state index is -4.56. The molecule has 8 nitrogen and oxygen atoms in total. The summed E-state index contributed by atoms with van der Waals surface area (Å²) in [6.45, 7) is 1.64. The van der Waals surface area contributed by atoms with E-state index >= 15 is 0 Å². The van der Waals surface area contributed by atoms with E-state index in [0.29, 0.717) is 29.5 Å². The molecule has 1 aromatic carbocycles. The van der Waals surface area contributed by atoms with Crippen molar-refractivity contribution in [3.63, 3.8) is 0 Å². The zero-order valence-electron chi connectivity index (χ0n) is 21.4. The maximum atomic E-state index is 13.9. The lowest BCUT2D eigenvalue weighted by molar-refractivity contribution is -0.138. The minimum Gasteiger partial charge on any atom is -0.322 e. The number of amides is 1. The number of fused-ring (bicyclic) bond motifs is 1. The number of imidazole rings is 1. The van der Waals surface area contributed by atoms with Crippen LogP contribution in [-0.2, 0) is 12.7 Å². The van der Waals surface area contributed by atoms with Crippen LogP contribution >= 0.6 is 0 Å². The van der Waals surface area contributed by atoms with Crippen molar-refractivity contribution in [1.29, 1.82) is 0 Å². The molecule has 1 saturated heterocycles. The monoisotopic (exact) mass is 533 g/mol. The topological polar surface area (TPSA) is 78.7 Å². The van der Waals surface area contributed by atoms with Crippen molar-refractivity contribution in [2.45, 2.75) is 25.2 Å². The molecule has 0 radical (unpaired) electrons. The van der Waals surface area contributed by atoms with Gasteiger partial charge in [0.15, 0.2) is 5.65 Å². The summed E-state index contributed by atoms with van der Waals surface area (Å²) in [5.41, 5.74) is 1.32. The average Bonchev–Trinajstić information content (AvgIpc) is 3.55. The molecule has 1 atom stereocenters. The highest BCUT2D eigenvalue weighted by Gasteiger charge is 2.35. The van der Waals surface area contributed by atoms with Gasteiger partial charge in [-0.3, -0.25) is 14.7 Å². The fourth-order valence-corrected chi connectivity index (χ4v) is 4.56. The van der Waals surface area contributed by atoms with Crippen LogP contribution in [0.15, 0.2) is 61.2 Å². The Hall–Kier alpha value is -4.27. The number of rotatable bonds is 5. The summed E-state index contributed by atoms with van der Waals surface area (Å²) in [5.74, 6) is 5.30. The number of carbonyl (C=O) groups excluding carboxylic acids is 1. The zero-order valence-corrected chi connectivity index (χ0v) is 21.4. The Kier molecular flexibility index (Phi) is 7.32. The molecule has 0 aliphatic carbocycles. The van der Waals surface area contributed by atoms with Crippen LogP contribution in [0.2, 0.25) is 0 Å². The van der Waals surface area contributed by atoms with Crippen LogP contribution in [0.25, 0.3) is 5.65 Å². The summed E-state index contributed by atoms with van der Waals surface area (Å²) in [4.78, 5) is 25.3. The van der Waals surface area contributed by atoms with Gasteiger partial charge >= 0.3 is 6.18 Å². The first kappa shape index (κ1) is 26.3. The first-order valence-electron chi connectivity index (χ1n) is 12.3. The number of carbonyl (C=O) groups is 1. The summed E-state index contributed by atoms with van der Waals surface area (Å²) in [7, 11) is 3.95. The van der Waals surface area contributed by atoms with E-state index in [-0.39, 0.29) is 23.4 Å². The van der Waals surface area contributed by atoms with Gasteiger partial charge in [-0.2, -0.15) is 18.3 Å². The van der Waals surface area contributed by atoms with Crippen molar-refractivity contribution in [2.24, 2.45) is 0 Å². The molecule has 3 aromatic heterocycles. The van der Waals surface area contributed by atoms with Crippen molar-refractivity contribution >= 4 is 17.2 Å². The van der Waals surface area contributed by atoms with E-state index in [2.05, 4.69) is 37.1 Å². The second-order valence-electron chi connectivity index (χ2n) is 9.61. The van der Waals surface area contributed by atoms with Gasteiger partial charge < -0.3 is 10.2 Å². The van der Waals surface area contributed by atoms with E-state index in [4.69, 9.17) is 0 Å². The largest absolute Gasteiger partial charge is 0.416 e. The SMILES string of the molecule is CN(C)[C@H]1CCN(Cc2ccc(NC(=O)c3cncc(C#Cc4cnc5cccnn45)c3)cc2C(F)(F)F)C1. The van der Waals surface area contributed by atoms with E-state index in [1.807, 2.05) is 19.0 Å². The van der Waals surface area contributed by atoms with Crippen molar-refractivity contribution in [3.8, 4) is 11.8 Å². The highest BCUT2D eigenvalue weighted by atomic mass is 19.4. The molecule has 39 heavy (non-hydrogen) atoms. The van der Waals surface area contributed by atoms with E-state index in [9.17, 15) is 18.0 Å².